The highest BCUT2D eigenvalue weighted by Gasteiger charge is 2.23. The number of fused-ring (bicyclic) bond motifs is 1. The lowest BCUT2D eigenvalue weighted by atomic mass is 10.0. The van der Waals surface area contributed by atoms with Gasteiger partial charge < -0.3 is 9.64 Å². The van der Waals surface area contributed by atoms with Gasteiger partial charge in [0.2, 0.25) is 0 Å². The summed E-state index contributed by atoms with van der Waals surface area (Å²) < 4.78 is 7.40. The number of H-pyrrole nitrogens is 1. The molecule has 0 bridgehead atoms. The van der Waals surface area contributed by atoms with Crippen molar-refractivity contribution in [3.63, 3.8) is 0 Å². The average molecular weight is 375 g/mol. The minimum atomic E-state index is 0.256. The van der Waals surface area contributed by atoms with Crippen LogP contribution in [0.1, 0.15) is 12.6 Å². The van der Waals surface area contributed by atoms with E-state index in [1.807, 2.05) is 31.5 Å². The Balaban J connectivity index is 1.74. The molecule has 1 atom stereocenters. The summed E-state index contributed by atoms with van der Waals surface area (Å²) in [6, 6.07) is 8.39. The lowest BCUT2D eigenvalue weighted by molar-refractivity contribution is 0.0986. The van der Waals surface area contributed by atoms with Crippen LogP contribution < -0.4 is 4.90 Å². The molecule has 142 valence electrons. The molecular weight excluding hydrogens is 354 g/mol. The molecular formula is C20H21N7O. The van der Waals surface area contributed by atoms with E-state index in [9.17, 15) is 0 Å². The third-order valence-electron chi connectivity index (χ3n) is 5.13. The second-order valence-electron chi connectivity index (χ2n) is 7.07. The molecule has 0 amide bonds. The fourth-order valence-electron chi connectivity index (χ4n) is 3.61. The van der Waals surface area contributed by atoms with Gasteiger partial charge >= 0.3 is 0 Å². The molecule has 0 spiro atoms. The first-order valence-electron chi connectivity index (χ1n) is 9.36. The summed E-state index contributed by atoms with van der Waals surface area (Å²) in [5, 5.41) is 12.6. The molecule has 4 aromatic heterocycles. The molecule has 1 fully saturated rings. The van der Waals surface area contributed by atoms with E-state index in [1.54, 1.807) is 10.9 Å². The third-order valence-corrected chi connectivity index (χ3v) is 5.13. The lowest BCUT2D eigenvalue weighted by Crippen LogP contribution is -2.44. The lowest BCUT2D eigenvalue weighted by Gasteiger charge is -2.34. The maximum absolute atomic E-state index is 5.61. The number of nitrogens with zero attached hydrogens (tertiary/aromatic N) is 6. The summed E-state index contributed by atoms with van der Waals surface area (Å²) in [7, 11) is 0. The summed E-state index contributed by atoms with van der Waals surface area (Å²) in [6.45, 7) is 6.35. The van der Waals surface area contributed by atoms with Crippen molar-refractivity contribution < 1.29 is 4.74 Å². The minimum absolute atomic E-state index is 0.256. The summed E-state index contributed by atoms with van der Waals surface area (Å²) in [5.41, 5.74) is 3.89. The van der Waals surface area contributed by atoms with Gasteiger partial charge in [0, 0.05) is 35.5 Å². The summed E-state index contributed by atoms with van der Waals surface area (Å²) >= 11 is 0. The van der Waals surface area contributed by atoms with Crippen molar-refractivity contribution in [2.45, 2.75) is 19.9 Å². The van der Waals surface area contributed by atoms with E-state index in [-0.39, 0.29) is 6.04 Å². The number of pyridine rings is 2. The Hall–Kier alpha value is -3.26. The van der Waals surface area contributed by atoms with Gasteiger partial charge in [0.15, 0.2) is 11.5 Å². The number of nitrogens with one attached hydrogen (secondary N) is 1. The molecule has 5 rings (SSSR count). The van der Waals surface area contributed by atoms with Gasteiger partial charge in [-0.3, -0.25) is 10.1 Å². The van der Waals surface area contributed by atoms with Crippen LogP contribution in [0.4, 0.5) is 5.82 Å². The molecule has 28 heavy (non-hydrogen) atoms. The number of morpholine rings is 1. The van der Waals surface area contributed by atoms with Crippen molar-refractivity contribution in [1.29, 1.82) is 0 Å². The summed E-state index contributed by atoms with van der Waals surface area (Å²) in [6.07, 6.45) is 5.47. The molecule has 8 nitrogen and oxygen atoms in total. The van der Waals surface area contributed by atoms with Crippen molar-refractivity contribution in [2.75, 3.05) is 24.7 Å². The smallest absolute Gasteiger partial charge is 0.167 e. The highest BCUT2D eigenvalue weighted by Crippen LogP contribution is 2.33. The van der Waals surface area contributed by atoms with Crippen LogP contribution in [-0.4, -0.2) is 55.7 Å². The van der Waals surface area contributed by atoms with E-state index >= 15 is 0 Å². The molecule has 4 aromatic rings. The van der Waals surface area contributed by atoms with Crippen molar-refractivity contribution in [1.82, 2.24) is 29.9 Å². The number of anilines is 1. The van der Waals surface area contributed by atoms with Crippen molar-refractivity contribution in [2.24, 2.45) is 0 Å². The number of rotatable bonds is 3. The van der Waals surface area contributed by atoms with E-state index < -0.39 is 0 Å². The van der Waals surface area contributed by atoms with Crippen LogP contribution in [0.5, 0.6) is 0 Å². The Morgan fingerprint density at radius 3 is 2.89 bits per heavy atom. The highest BCUT2D eigenvalue weighted by atomic mass is 16.5. The molecule has 0 aromatic carbocycles. The predicted octanol–water partition coefficient (Wildman–Crippen LogP) is 2.74. The van der Waals surface area contributed by atoms with Crippen LogP contribution in [0.25, 0.3) is 28.0 Å². The molecule has 0 saturated carbocycles. The predicted molar refractivity (Wildman–Crippen MR) is 107 cm³/mol. The fraction of sp³-hybridized carbons (Fsp3) is 0.300. The maximum Gasteiger partial charge on any atom is 0.167 e. The van der Waals surface area contributed by atoms with Crippen molar-refractivity contribution in [3.8, 4) is 16.9 Å². The Kier molecular flexibility index (Phi) is 4.05. The molecule has 0 aliphatic carbocycles. The molecule has 1 N–H and O–H groups in total. The Morgan fingerprint density at radius 2 is 2.14 bits per heavy atom. The topological polar surface area (TPSA) is 84.8 Å². The van der Waals surface area contributed by atoms with E-state index in [0.717, 1.165) is 46.0 Å². The van der Waals surface area contributed by atoms with Crippen LogP contribution in [-0.2, 0) is 4.74 Å². The maximum atomic E-state index is 5.61. The normalized spacial score (nSPS) is 17.4. The van der Waals surface area contributed by atoms with Gasteiger partial charge in [-0.15, -0.1) is 0 Å². The molecule has 8 heteroatoms. The van der Waals surface area contributed by atoms with Gasteiger partial charge in [0.05, 0.1) is 31.6 Å². The van der Waals surface area contributed by atoms with Gasteiger partial charge in [-0.25, -0.2) is 4.98 Å². The van der Waals surface area contributed by atoms with E-state index in [4.69, 9.17) is 9.72 Å². The zero-order valence-corrected chi connectivity index (χ0v) is 15.8. The zero-order valence-electron chi connectivity index (χ0n) is 15.8. The second-order valence-corrected chi connectivity index (χ2v) is 7.07. The molecule has 1 saturated heterocycles. The van der Waals surface area contributed by atoms with Crippen LogP contribution in [0.2, 0.25) is 0 Å². The first-order valence-corrected chi connectivity index (χ1v) is 9.36. The number of aromatic nitrogens is 6. The van der Waals surface area contributed by atoms with Gasteiger partial charge in [0.25, 0.3) is 0 Å². The number of hydrogen-bond acceptors (Lipinski definition) is 6. The molecule has 5 heterocycles. The third kappa shape index (κ3) is 2.82. The second kappa shape index (κ2) is 6.72. The highest BCUT2D eigenvalue weighted by molar-refractivity contribution is 5.94. The zero-order chi connectivity index (χ0) is 19.1. The van der Waals surface area contributed by atoms with Crippen molar-refractivity contribution in [3.05, 3.63) is 48.5 Å². The largest absolute Gasteiger partial charge is 0.377 e. The molecule has 1 unspecified atom stereocenters. The first kappa shape index (κ1) is 16.9. The van der Waals surface area contributed by atoms with Crippen LogP contribution in [0.3, 0.4) is 0 Å². The molecule has 0 radical (unpaired) electrons. The number of ether oxygens (including phenoxy) is 1. The standard InChI is InChI=1S/C20H21N7O/c1-13-3-4-15(10-21-13)16-9-19(26-7-8-28-12-14(26)2)24-20-17(16)11-23-27(20)18-5-6-22-25-18/h3-6,9-11,14H,7-8,12H2,1-2H3,(H,22,25). The van der Waals surface area contributed by atoms with Crippen LogP contribution in [0, 0.1) is 6.92 Å². The Morgan fingerprint density at radius 1 is 1.21 bits per heavy atom. The average Bonchev–Trinajstić information content (AvgIpc) is 3.38. The minimum Gasteiger partial charge on any atom is -0.377 e. The Bertz CT molecular complexity index is 1100. The molecule has 1 aliphatic heterocycles. The number of hydrogen-bond donors (Lipinski definition) is 1. The Labute approximate surface area is 162 Å². The van der Waals surface area contributed by atoms with Gasteiger partial charge in [0.1, 0.15) is 5.82 Å². The van der Waals surface area contributed by atoms with Crippen molar-refractivity contribution >= 4 is 16.9 Å². The van der Waals surface area contributed by atoms with Crippen LogP contribution in [0.15, 0.2) is 42.9 Å². The quantitative estimate of drug-likeness (QED) is 0.593. The van der Waals surface area contributed by atoms with Gasteiger partial charge in [-0.1, -0.05) is 6.07 Å². The monoisotopic (exact) mass is 375 g/mol. The summed E-state index contributed by atoms with van der Waals surface area (Å²) in [4.78, 5) is 11.7. The first-order chi connectivity index (χ1) is 13.7. The SMILES string of the molecule is Cc1ccc(-c2cc(N3CCOCC3C)nc3c2cnn3-c2ccn[nH]2)cn1. The summed E-state index contributed by atoms with van der Waals surface area (Å²) in [5.74, 6) is 1.70. The van der Waals surface area contributed by atoms with Gasteiger partial charge in [-0.05, 0) is 31.5 Å². The van der Waals surface area contributed by atoms with E-state index in [1.165, 1.54) is 0 Å². The van der Waals surface area contributed by atoms with E-state index in [2.05, 4.69) is 44.2 Å². The van der Waals surface area contributed by atoms with E-state index in [0.29, 0.717) is 13.2 Å². The van der Waals surface area contributed by atoms with Gasteiger partial charge in [-0.2, -0.15) is 14.9 Å². The van der Waals surface area contributed by atoms with Crippen LogP contribution >= 0.6 is 0 Å². The number of aromatic amines is 1. The fourth-order valence-corrected chi connectivity index (χ4v) is 3.61. The number of aryl methyl sites for hydroxylation is 1. The molecule has 1 aliphatic rings.